The fourth-order valence-corrected chi connectivity index (χ4v) is 1.89. The lowest BCUT2D eigenvalue weighted by atomic mass is 10.1. The van der Waals surface area contributed by atoms with Gasteiger partial charge in [0.1, 0.15) is 0 Å². The van der Waals surface area contributed by atoms with Gasteiger partial charge in [-0.2, -0.15) is 0 Å². The molecule has 14 heavy (non-hydrogen) atoms. The number of carbonyl (C=O) groups is 2. The molecule has 1 N–H and O–H groups in total. The van der Waals surface area contributed by atoms with Crippen LogP contribution in [0.2, 0.25) is 0 Å². The molecule has 2 rings (SSSR count). The van der Waals surface area contributed by atoms with Crippen molar-refractivity contribution in [1.29, 1.82) is 0 Å². The van der Waals surface area contributed by atoms with E-state index in [1.54, 1.807) is 10.0 Å². The van der Waals surface area contributed by atoms with Crippen LogP contribution in [0.1, 0.15) is 25.7 Å². The van der Waals surface area contributed by atoms with Gasteiger partial charge in [0.15, 0.2) is 0 Å². The molecule has 2 aliphatic heterocycles. The Morgan fingerprint density at radius 1 is 1.00 bits per heavy atom. The smallest absolute Gasteiger partial charge is 0.336 e. The number of urea groups is 1. The molecule has 0 spiro atoms. The third-order valence-electron chi connectivity index (χ3n) is 2.65. The lowest BCUT2D eigenvalue weighted by molar-refractivity contribution is -0.148. The maximum Gasteiger partial charge on any atom is 0.336 e. The first-order valence-electron chi connectivity index (χ1n) is 5.15. The first kappa shape index (κ1) is 9.30. The largest absolute Gasteiger partial charge is 0.336 e. The van der Waals surface area contributed by atoms with Crippen LogP contribution in [0.15, 0.2) is 0 Å². The maximum atomic E-state index is 11.5. The summed E-state index contributed by atoms with van der Waals surface area (Å²) in [6, 6.07) is -0.133. The van der Waals surface area contributed by atoms with Crippen molar-refractivity contribution in [2.24, 2.45) is 0 Å². The highest BCUT2D eigenvalue weighted by atomic mass is 16.2. The van der Waals surface area contributed by atoms with E-state index in [-0.39, 0.29) is 11.9 Å². The minimum absolute atomic E-state index is 0.0771. The molecule has 5 nitrogen and oxygen atoms in total. The van der Waals surface area contributed by atoms with E-state index in [1.807, 2.05) is 0 Å². The molecule has 0 unspecified atom stereocenters. The Labute approximate surface area is 83.0 Å². The molecule has 2 aliphatic rings. The standard InChI is InChI=1S/C9H15N3O2/c13-8-4-1-2-6-11(8)12-7-3-5-10-9(12)14/h1-7H2,(H,10,14). The van der Waals surface area contributed by atoms with E-state index in [0.29, 0.717) is 19.5 Å². The Kier molecular flexibility index (Phi) is 2.56. The summed E-state index contributed by atoms with van der Waals surface area (Å²) in [5.74, 6) is 0.0771. The van der Waals surface area contributed by atoms with Crippen LogP contribution in [0.25, 0.3) is 0 Å². The summed E-state index contributed by atoms with van der Waals surface area (Å²) in [6.07, 6.45) is 3.43. The zero-order chi connectivity index (χ0) is 9.97. The summed E-state index contributed by atoms with van der Waals surface area (Å²) in [5, 5.41) is 5.88. The third kappa shape index (κ3) is 1.66. The van der Waals surface area contributed by atoms with Crippen LogP contribution >= 0.6 is 0 Å². The molecule has 2 fully saturated rings. The molecule has 0 radical (unpaired) electrons. The topological polar surface area (TPSA) is 52.7 Å². The number of hydrogen-bond acceptors (Lipinski definition) is 2. The van der Waals surface area contributed by atoms with Gasteiger partial charge >= 0.3 is 6.03 Å². The molecule has 0 aromatic carbocycles. The van der Waals surface area contributed by atoms with Gasteiger partial charge in [0.05, 0.1) is 0 Å². The van der Waals surface area contributed by atoms with Crippen molar-refractivity contribution in [3.05, 3.63) is 0 Å². The second-order valence-electron chi connectivity index (χ2n) is 3.68. The van der Waals surface area contributed by atoms with Crippen molar-refractivity contribution in [2.45, 2.75) is 25.7 Å². The molecule has 78 valence electrons. The molecule has 2 heterocycles. The van der Waals surface area contributed by atoms with Crippen molar-refractivity contribution >= 4 is 11.9 Å². The highest BCUT2D eigenvalue weighted by Crippen LogP contribution is 2.14. The minimum atomic E-state index is -0.133. The Bertz CT molecular complexity index is 228. The van der Waals surface area contributed by atoms with Crippen molar-refractivity contribution in [3.63, 3.8) is 0 Å². The second-order valence-corrected chi connectivity index (χ2v) is 3.68. The fraction of sp³-hybridized carbons (Fsp3) is 0.778. The fourth-order valence-electron chi connectivity index (χ4n) is 1.89. The molecule has 5 heteroatoms. The van der Waals surface area contributed by atoms with Gasteiger partial charge < -0.3 is 5.32 Å². The van der Waals surface area contributed by atoms with Crippen LogP contribution in [0.4, 0.5) is 4.79 Å². The number of hydrogen-bond donors (Lipinski definition) is 1. The summed E-state index contributed by atoms with van der Waals surface area (Å²) in [7, 11) is 0. The van der Waals surface area contributed by atoms with Crippen molar-refractivity contribution in [1.82, 2.24) is 15.3 Å². The van der Waals surface area contributed by atoms with Crippen LogP contribution < -0.4 is 5.32 Å². The zero-order valence-electron chi connectivity index (χ0n) is 8.16. The molecule has 0 saturated carbocycles. The molecule has 0 aromatic heterocycles. The van der Waals surface area contributed by atoms with E-state index in [4.69, 9.17) is 0 Å². The van der Waals surface area contributed by atoms with Gasteiger partial charge in [0.2, 0.25) is 5.91 Å². The van der Waals surface area contributed by atoms with E-state index in [2.05, 4.69) is 5.32 Å². The summed E-state index contributed by atoms with van der Waals surface area (Å²) >= 11 is 0. The summed E-state index contributed by atoms with van der Waals surface area (Å²) < 4.78 is 0. The van der Waals surface area contributed by atoms with Crippen LogP contribution in [-0.2, 0) is 4.79 Å². The van der Waals surface area contributed by atoms with E-state index in [1.165, 1.54) is 0 Å². The Hall–Kier alpha value is -1.26. The quantitative estimate of drug-likeness (QED) is 0.658. The van der Waals surface area contributed by atoms with E-state index in [9.17, 15) is 9.59 Å². The lowest BCUT2D eigenvalue weighted by Crippen LogP contribution is -2.58. The molecule has 0 atom stereocenters. The average molecular weight is 197 g/mol. The Morgan fingerprint density at radius 2 is 1.79 bits per heavy atom. The van der Waals surface area contributed by atoms with Crippen molar-refractivity contribution < 1.29 is 9.59 Å². The van der Waals surface area contributed by atoms with E-state index in [0.717, 1.165) is 25.8 Å². The van der Waals surface area contributed by atoms with Gasteiger partial charge in [-0.15, -0.1) is 0 Å². The minimum Gasteiger partial charge on any atom is -0.336 e. The van der Waals surface area contributed by atoms with Gasteiger partial charge in [-0.05, 0) is 19.3 Å². The predicted octanol–water partition coefficient (Wildman–Crippen LogP) is 0.329. The molecular formula is C9H15N3O2. The number of nitrogens with zero attached hydrogens (tertiary/aromatic N) is 2. The molecule has 0 aromatic rings. The summed E-state index contributed by atoms with van der Waals surface area (Å²) in [5.41, 5.74) is 0. The van der Waals surface area contributed by atoms with E-state index < -0.39 is 0 Å². The highest BCUT2D eigenvalue weighted by Gasteiger charge is 2.29. The number of rotatable bonds is 1. The molecular weight excluding hydrogens is 182 g/mol. The van der Waals surface area contributed by atoms with Gasteiger partial charge in [-0.1, -0.05) is 0 Å². The van der Waals surface area contributed by atoms with Crippen LogP contribution in [0.5, 0.6) is 0 Å². The lowest BCUT2D eigenvalue weighted by Gasteiger charge is -2.39. The number of hydrazine groups is 1. The number of amides is 3. The van der Waals surface area contributed by atoms with E-state index >= 15 is 0 Å². The highest BCUT2D eigenvalue weighted by molar-refractivity contribution is 5.82. The maximum absolute atomic E-state index is 11.5. The summed E-state index contributed by atoms with van der Waals surface area (Å²) in [4.78, 5) is 23.0. The number of nitrogens with one attached hydrogen (secondary N) is 1. The van der Waals surface area contributed by atoms with Crippen LogP contribution in [0, 0.1) is 0 Å². The van der Waals surface area contributed by atoms with Gasteiger partial charge in [0, 0.05) is 26.1 Å². The number of carbonyl (C=O) groups excluding carboxylic acids is 2. The molecule has 0 bridgehead atoms. The van der Waals surface area contributed by atoms with Gasteiger partial charge in [-0.25, -0.2) is 9.80 Å². The first-order valence-corrected chi connectivity index (χ1v) is 5.15. The predicted molar refractivity (Wildman–Crippen MR) is 50.3 cm³/mol. The monoisotopic (exact) mass is 197 g/mol. The Morgan fingerprint density at radius 3 is 2.50 bits per heavy atom. The van der Waals surface area contributed by atoms with Gasteiger partial charge in [-0.3, -0.25) is 9.80 Å². The van der Waals surface area contributed by atoms with Crippen LogP contribution in [-0.4, -0.2) is 41.6 Å². The van der Waals surface area contributed by atoms with Crippen molar-refractivity contribution in [2.75, 3.05) is 19.6 Å². The zero-order valence-corrected chi connectivity index (χ0v) is 8.16. The SMILES string of the molecule is O=C1CCCCN1N1CCCNC1=O. The van der Waals surface area contributed by atoms with Crippen LogP contribution in [0.3, 0.4) is 0 Å². The summed E-state index contributed by atoms with van der Waals surface area (Å²) in [6.45, 7) is 2.07. The van der Waals surface area contributed by atoms with Crippen molar-refractivity contribution in [3.8, 4) is 0 Å². The first-order chi connectivity index (χ1) is 6.79. The average Bonchev–Trinajstić information content (AvgIpc) is 2.20. The normalized spacial score (nSPS) is 23.7. The molecule has 2 saturated heterocycles. The Balaban J connectivity index is 2.04. The van der Waals surface area contributed by atoms with Gasteiger partial charge in [0.25, 0.3) is 0 Å². The molecule has 0 aliphatic carbocycles. The third-order valence-corrected chi connectivity index (χ3v) is 2.65. The number of piperidine rings is 1. The molecule has 3 amide bonds. The second kappa shape index (κ2) is 3.86.